The van der Waals surface area contributed by atoms with Crippen LogP contribution >= 0.6 is 0 Å². The molecular formula is C61H106O5. The maximum absolute atomic E-state index is 12.9. The summed E-state index contributed by atoms with van der Waals surface area (Å²) in [6.07, 6.45) is 74.5. The van der Waals surface area contributed by atoms with E-state index in [1.807, 2.05) is 0 Å². The first-order valence-corrected chi connectivity index (χ1v) is 28.1. The van der Waals surface area contributed by atoms with E-state index in [2.05, 4.69) is 106 Å². The van der Waals surface area contributed by atoms with E-state index in [1.165, 1.54) is 141 Å². The first-order chi connectivity index (χ1) is 32.6. The van der Waals surface area contributed by atoms with Crippen LogP contribution in [0.4, 0.5) is 0 Å². The monoisotopic (exact) mass is 919 g/mol. The fourth-order valence-electron chi connectivity index (χ4n) is 7.70. The van der Waals surface area contributed by atoms with Gasteiger partial charge in [0, 0.05) is 19.4 Å². The third kappa shape index (κ3) is 53.7. The highest BCUT2D eigenvalue weighted by molar-refractivity contribution is 5.70. The lowest BCUT2D eigenvalue weighted by atomic mass is 10.1. The van der Waals surface area contributed by atoms with Crippen LogP contribution in [0.25, 0.3) is 0 Å². The molecule has 0 aliphatic rings. The fraction of sp³-hybridized carbons (Fsp3) is 0.738. The molecule has 1 atom stereocenters. The standard InChI is InChI=1S/C61H106O5/c1-4-7-10-13-16-19-22-25-28-31-33-36-39-42-45-48-51-54-60(62)65-58-59(57-64-56-53-50-47-44-41-38-35-30-27-24-21-18-15-12-9-6-3)66-61(63)55-52-49-46-43-40-37-34-32-29-26-23-20-17-14-11-8-5-2/h7,10,16-21,25-30,59H,4-6,8-9,11-15,22-24,31-58H2,1-3H3/b10-7-,19-16-,20-17-,21-18-,28-25-,29-26-,30-27-. The zero-order valence-electron chi connectivity index (χ0n) is 43.7. The number of hydrogen-bond acceptors (Lipinski definition) is 5. The van der Waals surface area contributed by atoms with Crippen molar-refractivity contribution in [3.05, 3.63) is 85.1 Å². The van der Waals surface area contributed by atoms with Crippen LogP contribution in [0.15, 0.2) is 85.1 Å². The molecule has 0 heterocycles. The molecule has 5 nitrogen and oxygen atoms in total. The number of hydrogen-bond donors (Lipinski definition) is 0. The topological polar surface area (TPSA) is 61.8 Å². The largest absolute Gasteiger partial charge is 0.462 e. The number of esters is 2. The van der Waals surface area contributed by atoms with E-state index in [9.17, 15) is 9.59 Å². The normalized spacial score (nSPS) is 12.8. The summed E-state index contributed by atoms with van der Waals surface area (Å²) < 4.78 is 17.5. The van der Waals surface area contributed by atoms with Crippen LogP contribution in [0.5, 0.6) is 0 Å². The summed E-state index contributed by atoms with van der Waals surface area (Å²) in [5.74, 6) is -0.420. The summed E-state index contributed by atoms with van der Waals surface area (Å²) in [6.45, 7) is 7.64. The van der Waals surface area contributed by atoms with Crippen molar-refractivity contribution in [1.82, 2.24) is 0 Å². The average Bonchev–Trinajstić information content (AvgIpc) is 3.32. The maximum Gasteiger partial charge on any atom is 0.306 e. The van der Waals surface area contributed by atoms with Crippen molar-refractivity contribution in [1.29, 1.82) is 0 Å². The summed E-state index contributed by atoms with van der Waals surface area (Å²) in [5, 5.41) is 0. The number of carbonyl (C=O) groups is 2. The third-order valence-electron chi connectivity index (χ3n) is 11.9. The Labute approximate surface area is 409 Å². The second-order valence-electron chi connectivity index (χ2n) is 18.4. The van der Waals surface area contributed by atoms with Crippen LogP contribution < -0.4 is 0 Å². The van der Waals surface area contributed by atoms with Crippen molar-refractivity contribution < 1.29 is 23.8 Å². The van der Waals surface area contributed by atoms with Crippen LogP contribution in [-0.2, 0) is 23.8 Å². The summed E-state index contributed by atoms with van der Waals surface area (Å²) in [7, 11) is 0. The Balaban J connectivity index is 4.33. The number of unbranched alkanes of at least 4 members (excludes halogenated alkanes) is 26. The lowest BCUT2D eigenvalue weighted by Gasteiger charge is -2.18. The molecule has 0 amide bonds. The van der Waals surface area contributed by atoms with E-state index < -0.39 is 6.10 Å². The number of allylic oxidation sites excluding steroid dienone is 14. The highest BCUT2D eigenvalue weighted by Crippen LogP contribution is 2.14. The molecule has 0 aromatic carbocycles. The molecule has 0 N–H and O–H groups in total. The van der Waals surface area contributed by atoms with Gasteiger partial charge >= 0.3 is 11.9 Å². The van der Waals surface area contributed by atoms with E-state index in [-0.39, 0.29) is 25.2 Å². The van der Waals surface area contributed by atoms with Crippen LogP contribution in [0.3, 0.4) is 0 Å². The molecule has 0 aliphatic carbocycles. The van der Waals surface area contributed by atoms with Crippen LogP contribution in [0, 0.1) is 0 Å². The molecule has 0 aliphatic heterocycles. The molecule has 0 bridgehead atoms. The molecule has 0 aromatic rings. The van der Waals surface area contributed by atoms with Crippen molar-refractivity contribution in [2.75, 3.05) is 19.8 Å². The van der Waals surface area contributed by atoms with Gasteiger partial charge in [-0.1, -0.05) is 221 Å². The van der Waals surface area contributed by atoms with Gasteiger partial charge in [0.25, 0.3) is 0 Å². The molecule has 0 saturated carbocycles. The highest BCUT2D eigenvalue weighted by atomic mass is 16.6. The Morgan fingerprint density at radius 1 is 0.348 bits per heavy atom. The molecular weight excluding hydrogens is 813 g/mol. The molecule has 0 aromatic heterocycles. The SMILES string of the molecule is CC/C=C\C/C=C\C/C=C\CCCCCCCCCC(=O)OCC(COCCCCCCCC/C=C\C/C=C\CCCCC)OC(=O)CCCCCCCCC/C=C\C/C=C\CCCCC. The first kappa shape index (κ1) is 63.1. The third-order valence-corrected chi connectivity index (χ3v) is 11.9. The van der Waals surface area contributed by atoms with Crippen molar-refractivity contribution in [2.24, 2.45) is 0 Å². The summed E-state index contributed by atoms with van der Waals surface area (Å²) in [4.78, 5) is 25.5. The molecule has 0 radical (unpaired) electrons. The van der Waals surface area contributed by atoms with Crippen LogP contribution in [-0.4, -0.2) is 37.9 Å². The highest BCUT2D eigenvalue weighted by Gasteiger charge is 2.17. The average molecular weight is 920 g/mol. The summed E-state index contributed by atoms with van der Waals surface area (Å²) in [5.41, 5.74) is 0. The zero-order chi connectivity index (χ0) is 47.7. The Morgan fingerprint density at radius 3 is 1.09 bits per heavy atom. The Bertz CT molecular complexity index is 1220. The van der Waals surface area contributed by atoms with Gasteiger partial charge < -0.3 is 14.2 Å². The Morgan fingerprint density at radius 2 is 0.682 bits per heavy atom. The molecule has 1 unspecified atom stereocenters. The summed E-state index contributed by atoms with van der Waals surface area (Å²) >= 11 is 0. The van der Waals surface area contributed by atoms with Crippen LogP contribution in [0.2, 0.25) is 0 Å². The van der Waals surface area contributed by atoms with Gasteiger partial charge in [0.05, 0.1) is 6.61 Å². The van der Waals surface area contributed by atoms with Gasteiger partial charge in [-0.15, -0.1) is 0 Å². The molecule has 0 spiro atoms. The predicted octanol–water partition coefficient (Wildman–Crippen LogP) is 19.2. The Kier molecular flexibility index (Phi) is 53.9. The predicted molar refractivity (Wildman–Crippen MR) is 288 cm³/mol. The van der Waals surface area contributed by atoms with Gasteiger partial charge in [-0.2, -0.15) is 0 Å². The van der Waals surface area contributed by atoms with Crippen molar-refractivity contribution in [3.63, 3.8) is 0 Å². The molecule has 5 heteroatoms. The maximum atomic E-state index is 12.9. The minimum Gasteiger partial charge on any atom is -0.462 e. The van der Waals surface area contributed by atoms with Gasteiger partial charge in [-0.05, 0) is 116 Å². The molecule has 66 heavy (non-hydrogen) atoms. The lowest BCUT2D eigenvalue weighted by molar-refractivity contribution is -0.163. The minimum atomic E-state index is -0.554. The van der Waals surface area contributed by atoms with Crippen molar-refractivity contribution in [2.45, 2.75) is 271 Å². The van der Waals surface area contributed by atoms with Crippen LogP contribution in [0.1, 0.15) is 265 Å². The number of carbonyl (C=O) groups excluding carboxylic acids is 2. The van der Waals surface area contributed by atoms with E-state index in [0.717, 1.165) is 89.9 Å². The number of ether oxygens (including phenoxy) is 3. The number of rotatable bonds is 51. The smallest absolute Gasteiger partial charge is 0.306 e. The van der Waals surface area contributed by atoms with Crippen molar-refractivity contribution in [3.8, 4) is 0 Å². The van der Waals surface area contributed by atoms with Gasteiger partial charge in [-0.25, -0.2) is 0 Å². The lowest BCUT2D eigenvalue weighted by Crippen LogP contribution is -2.30. The van der Waals surface area contributed by atoms with E-state index in [4.69, 9.17) is 14.2 Å². The van der Waals surface area contributed by atoms with E-state index in [1.54, 1.807) is 0 Å². The minimum absolute atomic E-state index is 0.0697. The second kappa shape index (κ2) is 56.4. The van der Waals surface area contributed by atoms with Gasteiger partial charge in [0.1, 0.15) is 6.61 Å². The Hall–Kier alpha value is -2.92. The summed E-state index contributed by atoms with van der Waals surface area (Å²) in [6, 6.07) is 0. The van der Waals surface area contributed by atoms with Gasteiger partial charge in [-0.3, -0.25) is 9.59 Å². The zero-order valence-corrected chi connectivity index (χ0v) is 43.7. The first-order valence-electron chi connectivity index (χ1n) is 28.1. The molecule has 380 valence electrons. The molecule has 0 fully saturated rings. The van der Waals surface area contributed by atoms with E-state index in [0.29, 0.717) is 19.4 Å². The van der Waals surface area contributed by atoms with Gasteiger partial charge in [0.15, 0.2) is 6.10 Å². The fourth-order valence-corrected chi connectivity index (χ4v) is 7.70. The van der Waals surface area contributed by atoms with E-state index >= 15 is 0 Å². The van der Waals surface area contributed by atoms with Crippen molar-refractivity contribution >= 4 is 11.9 Å². The molecule has 0 saturated heterocycles. The molecule has 0 rings (SSSR count). The second-order valence-corrected chi connectivity index (χ2v) is 18.4. The quantitative estimate of drug-likeness (QED) is 0.0346. The van der Waals surface area contributed by atoms with Gasteiger partial charge in [0.2, 0.25) is 0 Å².